The summed E-state index contributed by atoms with van der Waals surface area (Å²) in [5, 5.41) is 18.1. The average molecular weight is 428 g/mol. The molecule has 1 atom stereocenters. The Labute approximate surface area is 179 Å². The Kier molecular flexibility index (Phi) is 5.65. The quantitative estimate of drug-likeness (QED) is 0.594. The van der Waals surface area contributed by atoms with Gasteiger partial charge in [0.05, 0.1) is 19.3 Å². The summed E-state index contributed by atoms with van der Waals surface area (Å²) in [6, 6.07) is 12.0. The van der Waals surface area contributed by atoms with Gasteiger partial charge in [-0.1, -0.05) is 23.7 Å². The molecule has 4 rings (SSSR count). The largest absolute Gasteiger partial charge is 0.507 e. The molecule has 0 saturated heterocycles. The molecule has 2 N–H and O–H groups in total. The lowest BCUT2D eigenvalue weighted by Crippen LogP contribution is -2.32. The Morgan fingerprint density at radius 1 is 1.23 bits per heavy atom. The number of ether oxygens (including phenoxy) is 2. The molecule has 0 bridgehead atoms. The summed E-state index contributed by atoms with van der Waals surface area (Å²) in [7, 11) is 1.60. The summed E-state index contributed by atoms with van der Waals surface area (Å²) >= 11 is 6.15. The number of methoxy groups -OCH3 is 1. The molecular formula is C22H22ClN3O4. The molecule has 8 heteroatoms. The van der Waals surface area contributed by atoms with Crippen LogP contribution in [0.4, 0.5) is 0 Å². The first kappa shape index (κ1) is 20.3. The number of H-pyrrole nitrogens is 1. The number of aromatic hydroxyl groups is 1. The van der Waals surface area contributed by atoms with Crippen molar-refractivity contribution in [1.29, 1.82) is 0 Å². The number of nitrogens with zero attached hydrogens (tertiary/aromatic N) is 2. The summed E-state index contributed by atoms with van der Waals surface area (Å²) in [5.41, 5.74) is 2.98. The average Bonchev–Trinajstić information content (AvgIpc) is 3.28. The second kappa shape index (κ2) is 8.38. The van der Waals surface area contributed by atoms with Gasteiger partial charge in [-0.05, 0) is 42.8 Å². The summed E-state index contributed by atoms with van der Waals surface area (Å²) in [6.45, 7) is 3.31. The molecule has 1 aromatic heterocycles. The van der Waals surface area contributed by atoms with Crippen LogP contribution in [0.3, 0.4) is 0 Å². The van der Waals surface area contributed by atoms with Crippen LogP contribution in [-0.2, 0) is 4.74 Å². The lowest BCUT2D eigenvalue weighted by molar-refractivity contribution is 0.0677. The van der Waals surface area contributed by atoms with Crippen molar-refractivity contribution >= 4 is 17.5 Å². The number of hydrogen-bond donors (Lipinski definition) is 2. The second-order valence-corrected chi connectivity index (χ2v) is 7.35. The number of carbonyl (C=O) groups excluding carboxylic acids is 1. The van der Waals surface area contributed by atoms with E-state index in [1.165, 1.54) is 6.07 Å². The van der Waals surface area contributed by atoms with E-state index in [1.807, 2.05) is 31.2 Å². The molecule has 0 aliphatic carbocycles. The number of nitrogens with one attached hydrogen (secondary N) is 1. The SMILES string of the molecule is CCOc1ccc(C2c3c(-c4cc(Cl)ccc4O)n[nH]c3C(=O)N2CCOC)cc1. The first-order chi connectivity index (χ1) is 14.5. The number of carbonyl (C=O) groups is 1. The van der Waals surface area contributed by atoms with Crippen molar-refractivity contribution in [1.82, 2.24) is 15.1 Å². The Morgan fingerprint density at radius 2 is 2.00 bits per heavy atom. The maximum Gasteiger partial charge on any atom is 0.273 e. The Morgan fingerprint density at radius 3 is 2.70 bits per heavy atom. The third-order valence-electron chi connectivity index (χ3n) is 5.12. The van der Waals surface area contributed by atoms with E-state index in [0.29, 0.717) is 47.3 Å². The molecule has 1 amide bonds. The molecule has 0 fully saturated rings. The zero-order chi connectivity index (χ0) is 21.3. The van der Waals surface area contributed by atoms with Crippen LogP contribution in [-0.4, -0.2) is 53.0 Å². The molecule has 1 unspecified atom stereocenters. The van der Waals surface area contributed by atoms with Gasteiger partial charge in [0.2, 0.25) is 0 Å². The zero-order valence-electron chi connectivity index (χ0n) is 16.7. The van der Waals surface area contributed by atoms with Crippen molar-refractivity contribution in [2.24, 2.45) is 0 Å². The number of amides is 1. The Bertz CT molecular complexity index is 1060. The van der Waals surface area contributed by atoms with Crippen molar-refractivity contribution in [3.05, 3.63) is 64.3 Å². The third kappa shape index (κ3) is 3.51. The molecule has 1 aliphatic rings. The van der Waals surface area contributed by atoms with Gasteiger partial charge < -0.3 is 19.5 Å². The molecular weight excluding hydrogens is 406 g/mol. The molecule has 0 saturated carbocycles. The predicted octanol–water partition coefficient (Wildman–Crippen LogP) is 4.03. The lowest BCUT2D eigenvalue weighted by Gasteiger charge is -2.26. The van der Waals surface area contributed by atoms with Crippen molar-refractivity contribution in [3.8, 4) is 22.8 Å². The van der Waals surface area contributed by atoms with Gasteiger partial charge in [-0.15, -0.1) is 0 Å². The van der Waals surface area contributed by atoms with Gasteiger partial charge in [-0.3, -0.25) is 9.89 Å². The van der Waals surface area contributed by atoms with Crippen LogP contribution >= 0.6 is 11.6 Å². The monoisotopic (exact) mass is 427 g/mol. The molecule has 0 spiro atoms. The molecule has 0 radical (unpaired) electrons. The number of aromatic nitrogens is 2. The summed E-state index contributed by atoms with van der Waals surface area (Å²) in [5.74, 6) is 0.636. The number of benzene rings is 2. The van der Waals surface area contributed by atoms with Crippen molar-refractivity contribution in [3.63, 3.8) is 0 Å². The van der Waals surface area contributed by atoms with Crippen molar-refractivity contribution < 1.29 is 19.4 Å². The van der Waals surface area contributed by atoms with Crippen LogP contribution in [0.15, 0.2) is 42.5 Å². The highest BCUT2D eigenvalue weighted by Gasteiger charge is 2.42. The van der Waals surface area contributed by atoms with Crippen LogP contribution < -0.4 is 4.74 Å². The smallest absolute Gasteiger partial charge is 0.273 e. The lowest BCUT2D eigenvalue weighted by atomic mass is 9.95. The fourth-order valence-corrected chi connectivity index (χ4v) is 3.95. The van der Waals surface area contributed by atoms with E-state index >= 15 is 0 Å². The highest BCUT2D eigenvalue weighted by atomic mass is 35.5. The topological polar surface area (TPSA) is 87.7 Å². The van der Waals surface area contributed by atoms with Crippen LogP contribution in [0.25, 0.3) is 11.3 Å². The van der Waals surface area contributed by atoms with Gasteiger partial charge in [0.1, 0.15) is 22.9 Å². The number of rotatable bonds is 7. The minimum Gasteiger partial charge on any atom is -0.507 e. The van der Waals surface area contributed by atoms with E-state index in [9.17, 15) is 9.90 Å². The third-order valence-corrected chi connectivity index (χ3v) is 5.36. The zero-order valence-corrected chi connectivity index (χ0v) is 17.4. The van der Waals surface area contributed by atoms with Gasteiger partial charge in [-0.25, -0.2) is 0 Å². The van der Waals surface area contributed by atoms with E-state index in [-0.39, 0.29) is 17.7 Å². The number of hydrogen-bond acceptors (Lipinski definition) is 5. The molecule has 3 aromatic rings. The second-order valence-electron chi connectivity index (χ2n) is 6.92. The first-order valence-electron chi connectivity index (χ1n) is 9.65. The summed E-state index contributed by atoms with van der Waals surface area (Å²) in [4.78, 5) is 14.9. The molecule has 2 heterocycles. The number of halogens is 1. The van der Waals surface area contributed by atoms with Crippen LogP contribution in [0, 0.1) is 0 Å². The molecule has 7 nitrogen and oxygen atoms in total. The predicted molar refractivity (Wildman–Crippen MR) is 113 cm³/mol. The van der Waals surface area contributed by atoms with Gasteiger partial charge in [-0.2, -0.15) is 5.10 Å². The van der Waals surface area contributed by atoms with Crippen LogP contribution in [0.1, 0.15) is 34.6 Å². The van der Waals surface area contributed by atoms with Gasteiger partial charge in [0.25, 0.3) is 5.91 Å². The first-order valence-corrected chi connectivity index (χ1v) is 10.0. The normalized spacial score (nSPS) is 15.5. The van der Waals surface area contributed by atoms with Gasteiger partial charge in [0.15, 0.2) is 0 Å². The molecule has 1 aliphatic heterocycles. The molecule has 156 valence electrons. The Balaban J connectivity index is 1.84. The Hall–Kier alpha value is -3.03. The highest BCUT2D eigenvalue weighted by molar-refractivity contribution is 6.31. The maximum atomic E-state index is 13.1. The minimum absolute atomic E-state index is 0.0435. The number of fused-ring (bicyclic) bond motifs is 1. The number of aromatic amines is 1. The summed E-state index contributed by atoms with van der Waals surface area (Å²) < 4.78 is 10.8. The van der Waals surface area contributed by atoms with E-state index < -0.39 is 0 Å². The van der Waals surface area contributed by atoms with E-state index in [4.69, 9.17) is 21.1 Å². The number of phenolic OH excluding ortho intramolecular Hbond substituents is 1. The maximum absolute atomic E-state index is 13.1. The van der Waals surface area contributed by atoms with Gasteiger partial charge in [0, 0.05) is 29.8 Å². The van der Waals surface area contributed by atoms with Crippen LogP contribution in [0.2, 0.25) is 5.02 Å². The van der Waals surface area contributed by atoms with E-state index in [0.717, 1.165) is 11.3 Å². The number of phenols is 1. The van der Waals surface area contributed by atoms with Crippen molar-refractivity contribution in [2.75, 3.05) is 26.9 Å². The highest BCUT2D eigenvalue weighted by Crippen LogP contribution is 2.45. The van der Waals surface area contributed by atoms with Gasteiger partial charge >= 0.3 is 0 Å². The summed E-state index contributed by atoms with van der Waals surface area (Å²) in [6.07, 6.45) is 0. The van der Waals surface area contributed by atoms with Crippen LogP contribution in [0.5, 0.6) is 11.5 Å². The minimum atomic E-state index is -0.384. The van der Waals surface area contributed by atoms with E-state index in [2.05, 4.69) is 10.2 Å². The standard InChI is InChI=1S/C22H22ClN3O4/c1-3-30-15-7-4-13(5-8-15)21-18-19(16-12-14(23)6-9-17(16)27)24-25-20(18)22(28)26(21)10-11-29-2/h4-9,12,21,27H,3,10-11H2,1-2H3,(H,24,25). The van der Waals surface area contributed by atoms with Crippen molar-refractivity contribution in [2.45, 2.75) is 13.0 Å². The molecule has 2 aromatic carbocycles. The fraction of sp³-hybridized carbons (Fsp3) is 0.273. The fourth-order valence-electron chi connectivity index (χ4n) is 3.78. The van der Waals surface area contributed by atoms with E-state index in [1.54, 1.807) is 24.1 Å². The molecule has 30 heavy (non-hydrogen) atoms.